The Labute approximate surface area is 190 Å². The molecule has 32 heavy (non-hydrogen) atoms. The molecule has 5 rings (SSSR count). The highest BCUT2D eigenvalue weighted by Crippen LogP contribution is 2.44. The van der Waals surface area contributed by atoms with E-state index in [0.717, 1.165) is 31.9 Å². The Bertz CT molecular complexity index is 1110. The second-order valence-electron chi connectivity index (χ2n) is 8.61. The van der Waals surface area contributed by atoms with E-state index in [0.29, 0.717) is 28.0 Å². The Kier molecular flexibility index (Phi) is 5.69. The van der Waals surface area contributed by atoms with Gasteiger partial charge in [0.2, 0.25) is 0 Å². The van der Waals surface area contributed by atoms with E-state index in [4.69, 9.17) is 4.98 Å². The fourth-order valence-corrected chi connectivity index (χ4v) is 5.30. The van der Waals surface area contributed by atoms with Crippen molar-refractivity contribution in [3.8, 4) is 5.69 Å². The maximum atomic E-state index is 13.2. The number of rotatable bonds is 5. The van der Waals surface area contributed by atoms with Gasteiger partial charge in [0.25, 0.3) is 5.91 Å². The first-order valence-corrected chi connectivity index (χ1v) is 11.9. The predicted molar refractivity (Wildman–Crippen MR) is 125 cm³/mol. The Morgan fingerprint density at radius 1 is 1.16 bits per heavy atom. The number of hydrogen-bond donors (Lipinski definition) is 1. The summed E-state index contributed by atoms with van der Waals surface area (Å²) in [6.07, 6.45) is 5.13. The van der Waals surface area contributed by atoms with Gasteiger partial charge in [0.15, 0.2) is 5.13 Å². The molecule has 1 aliphatic carbocycles. The second-order valence-corrected chi connectivity index (χ2v) is 9.59. The minimum Gasteiger partial charge on any atom is -0.359 e. The fraction of sp³-hybridized carbons (Fsp3) is 0.435. The number of carbonyl (C=O) groups excluding carboxylic acids is 1. The van der Waals surface area contributed by atoms with E-state index in [1.807, 2.05) is 6.92 Å². The number of aromatic nitrogens is 3. The number of nitrogens with zero attached hydrogens (tertiary/aromatic N) is 5. The topological polar surface area (TPSA) is 66.3 Å². The lowest BCUT2D eigenvalue weighted by Gasteiger charge is -2.35. The van der Waals surface area contributed by atoms with Gasteiger partial charge in [-0.3, -0.25) is 10.1 Å². The molecule has 168 valence electrons. The number of amides is 1. The molecule has 7 nitrogen and oxygen atoms in total. The number of benzene rings is 1. The minimum absolute atomic E-state index is 0.227. The van der Waals surface area contributed by atoms with Crippen molar-refractivity contribution in [2.45, 2.75) is 32.1 Å². The molecule has 3 heterocycles. The van der Waals surface area contributed by atoms with Gasteiger partial charge in [-0.2, -0.15) is 5.10 Å². The van der Waals surface area contributed by atoms with Crippen molar-refractivity contribution < 1.29 is 9.18 Å². The van der Waals surface area contributed by atoms with Gasteiger partial charge < -0.3 is 9.80 Å². The van der Waals surface area contributed by atoms with Crippen molar-refractivity contribution in [2.24, 2.45) is 0 Å². The van der Waals surface area contributed by atoms with Crippen molar-refractivity contribution in [1.82, 2.24) is 19.7 Å². The highest BCUT2D eigenvalue weighted by molar-refractivity contribution is 7.19. The molecule has 2 fully saturated rings. The zero-order valence-corrected chi connectivity index (χ0v) is 19.2. The monoisotopic (exact) mass is 454 g/mol. The lowest BCUT2D eigenvalue weighted by Crippen LogP contribution is -2.44. The Hall–Kier alpha value is -2.78. The molecule has 3 aromatic rings. The quantitative estimate of drug-likeness (QED) is 0.630. The predicted octanol–water partition coefficient (Wildman–Crippen LogP) is 4.05. The van der Waals surface area contributed by atoms with Gasteiger partial charge in [-0.25, -0.2) is 14.1 Å². The van der Waals surface area contributed by atoms with Gasteiger partial charge >= 0.3 is 0 Å². The van der Waals surface area contributed by atoms with Crippen LogP contribution in [0.1, 0.15) is 46.9 Å². The zero-order valence-electron chi connectivity index (χ0n) is 18.3. The van der Waals surface area contributed by atoms with Gasteiger partial charge in [0.05, 0.1) is 28.8 Å². The normalized spacial score (nSPS) is 17.4. The van der Waals surface area contributed by atoms with Crippen molar-refractivity contribution in [3.63, 3.8) is 0 Å². The molecular weight excluding hydrogens is 427 g/mol. The second kappa shape index (κ2) is 8.63. The standard InChI is InChI=1S/C23H27FN6OS/c1-15-19(14-25-30(15)18-8-6-17(24)7-9-18)21(31)27-23-26-20(16-4-3-5-16)22(32-23)29-12-10-28(2)11-13-29/h6-9,14,16H,3-5,10-13H2,1-2H3,(H,26,27,31). The Balaban J connectivity index is 1.37. The van der Waals surface area contributed by atoms with E-state index in [2.05, 4.69) is 27.3 Å². The molecule has 2 aliphatic rings. The number of anilines is 2. The van der Waals surface area contributed by atoms with Gasteiger partial charge in [-0.1, -0.05) is 17.8 Å². The molecule has 1 N–H and O–H groups in total. The summed E-state index contributed by atoms with van der Waals surface area (Å²) < 4.78 is 14.9. The molecule has 0 spiro atoms. The third-order valence-corrected chi connectivity index (χ3v) is 7.51. The average Bonchev–Trinajstić information content (AvgIpc) is 3.32. The van der Waals surface area contributed by atoms with Gasteiger partial charge in [-0.05, 0) is 51.1 Å². The van der Waals surface area contributed by atoms with E-state index < -0.39 is 0 Å². The lowest BCUT2D eigenvalue weighted by atomic mass is 9.83. The van der Waals surface area contributed by atoms with E-state index in [-0.39, 0.29) is 11.7 Å². The molecule has 0 atom stereocenters. The summed E-state index contributed by atoms with van der Waals surface area (Å²) in [6, 6.07) is 6.05. The first kappa shape index (κ1) is 21.1. The third-order valence-electron chi connectivity index (χ3n) is 6.46. The number of likely N-dealkylation sites (N-methyl/N-ethyl adjacent to an activating group) is 1. The Morgan fingerprint density at radius 2 is 1.88 bits per heavy atom. The summed E-state index contributed by atoms with van der Waals surface area (Å²) in [4.78, 5) is 22.7. The number of hydrogen-bond acceptors (Lipinski definition) is 6. The van der Waals surface area contributed by atoms with Crippen LogP contribution in [-0.4, -0.2) is 58.8 Å². The largest absolute Gasteiger partial charge is 0.359 e. The van der Waals surface area contributed by atoms with Crippen LogP contribution in [0.15, 0.2) is 30.5 Å². The van der Waals surface area contributed by atoms with Crippen LogP contribution in [0.5, 0.6) is 0 Å². The number of thiazole rings is 1. The summed E-state index contributed by atoms with van der Waals surface area (Å²) in [5.41, 5.74) is 3.03. The van der Waals surface area contributed by atoms with Crippen LogP contribution in [0.3, 0.4) is 0 Å². The molecule has 1 saturated carbocycles. The molecule has 0 bridgehead atoms. The number of piperazine rings is 1. The van der Waals surface area contributed by atoms with Crippen LogP contribution >= 0.6 is 11.3 Å². The van der Waals surface area contributed by atoms with Gasteiger partial charge in [-0.15, -0.1) is 0 Å². The maximum absolute atomic E-state index is 13.2. The summed E-state index contributed by atoms with van der Waals surface area (Å²) in [6.45, 7) is 5.87. The van der Waals surface area contributed by atoms with E-state index in [1.54, 1.807) is 34.3 Å². The van der Waals surface area contributed by atoms with E-state index >= 15 is 0 Å². The fourth-order valence-electron chi connectivity index (χ4n) is 4.20. The average molecular weight is 455 g/mol. The zero-order chi connectivity index (χ0) is 22.2. The minimum atomic E-state index is -0.307. The highest BCUT2D eigenvalue weighted by atomic mass is 32.1. The highest BCUT2D eigenvalue weighted by Gasteiger charge is 2.30. The smallest absolute Gasteiger partial charge is 0.260 e. The summed E-state index contributed by atoms with van der Waals surface area (Å²) in [5, 5.41) is 9.18. The maximum Gasteiger partial charge on any atom is 0.260 e. The van der Waals surface area contributed by atoms with Gasteiger partial charge in [0.1, 0.15) is 10.8 Å². The first-order valence-electron chi connectivity index (χ1n) is 11.1. The SMILES string of the molecule is Cc1c(C(=O)Nc2nc(C3CCC3)c(N3CCN(C)CC3)s2)cnn1-c1ccc(F)cc1. The lowest BCUT2D eigenvalue weighted by molar-refractivity contribution is 0.102. The van der Waals surface area contributed by atoms with Crippen molar-refractivity contribution in [1.29, 1.82) is 0 Å². The third kappa shape index (κ3) is 4.02. The molecule has 0 unspecified atom stereocenters. The van der Waals surface area contributed by atoms with Crippen molar-refractivity contribution in [3.05, 3.63) is 53.2 Å². The molecule has 1 amide bonds. The van der Waals surface area contributed by atoms with Crippen LogP contribution in [0.2, 0.25) is 0 Å². The van der Waals surface area contributed by atoms with Crippen LogP contribution in [0, 0.1) is 12.7 Å². The number of nitrogens with one attached hydrogen (secondary N) is 1. The van der Waals surface area contributed by atoms with Crippen LogP contribution in [-0.2, 0) is 0 Å². The van der Waals surface area contributed by atoms with Gasteiger partial charge in [0, 0.05) is 32.1 Å². The number of carbonyl (C=O) groups is 1. The summed E-state index contributed by atoms with van der Waals surface area (Å²) in [7, 11) is 2.15. The van der Waals surface area contributed by atoms with Crippen LogP contribution in [0.25, 0.3) is 5.69 Å². The van der Waals surface area contributed by atoms with Crippen molar-refractivity contribution >= 4 is 27.4 Å². The first-order chi connectivity index (χ1) is 15.5. The molecule has 2 aromatic heterocycles. The number of halogens is 1. The van der Waals surface area contributed by atoms with Crippen LogP contribution < -0.4 is 10.2 Å². The van der Waals surface area contributed by atoms with Crippen molar-refractivity contribution in [2.75, 3.05) is 43.4 Å². The summed E-state index contributed by atoms with van der Waals surface area (Å²) >= 11 is 1.57. The Morgan fingerprint density at radius 3 is 2.53 bits per heavy atom. The molecule has 0 radical (unpaired) electrons. The van der Waals surface area contributed by atoms with E-state index in [1.165, 1.54) is 36.4 Å². The molecule has 1 saturated heterocycles. The molecule has 1 aliphatic heterocycles. The molecule has 1 aromatic carbocycles. The van der Waals surface area contributed by atoms with E-state index in [9.17, 15) is 9.18 Å². The molecule has 9 heteroatoms. The molecular formula is C23H27FN6OS. The van der Waals surface area contributed by atoms with Crippen LogP contribution in [0.4, 0.5) is 14.5 Å². The summed E-state index contributed by atoms with van der Waals surface area (Å²) in [5.74, 6) is -0.0389.